The summed E-state index contributed by atoms with van der Waals surface area (Å²) in [6.45, 7) is 5.08. The SMILES string of the molecule is CCNC(=NCCCn1cccn1)NCCN1C(=O)CNC1=O. The minimum atomic E-state index is -0.335. The second-order valence-corrected chi connectivity index (χ2v) is 5.01. The number of rotatable bonds is 8. The van der Waals surface area contributed by atoms with Gasteiger partial charge in [-0.2, -0.15) is 5.10 Å². The van der Waals surface area contributed by atoms with E-state index >= 15 is 0 Å². The molecular weight excluding hydrogens is 298 g/mol. The molecule has 3 amide bonds. The molecule has 0 radical (unpaired) electrons. The first-order valence-electron chi connectivity index (χ1n) is 7.78. The predicted molar refractivity (Wildman–Crippen MR) is 85.9 cm³/mol. The fourth-order valence-electron chi connectivity index (χ4n) is 2.17. The molecule has 9 nitrogen and oxygen atoms in total. The highest BCUT2D eigenvalue weighted by atomic mass is 16.2. The Kier molecular flexibility index (Phi) is 6.40. The Morgan fingerprint density at radius 3 is 2.91 bits per heavy atom. The van der Waals surface area contributed by atoms with Crippen LogP contribution >= 0.6 is 0 Å². The number of hydrogen-bond acceptors (Lipinski definition) is 4. The highest BCUT2D eigenvalue weighted by Crippen LogP contribution is 1.97. The number of amides is 3. The van der Waals surface area contributed by atoms with Crippen LogP contribution in [0.25, 0.3) is 0 Å². The summed E-state index contributed by atoms with van der Waals surface area (Å²) in [5, 5.41) is 12.9. The zero-order chi connectivity index (χ0) is 16.5. The molecule has 2 heterocycles. The van der Waals surface area contributed by atoms with E-state index in [0.29, 0.717) is 25.6 Å². The standard InChI is InChI=1S/C14H23N7O2/c1-2-15-13(16-5-3-8-20-9-4-6-19-20)17-7-10-21-12(22)11-18-14(21)23/h4,6,9H,2-3,5,7-8,10-11H2,1H3,(H,18,23)(H2,15,16,17). The highest BCUT2D eigenvalue weighted by Gasteiger charge is 2.27. The molecule has 1 aromatic heterocycles. The monoisotopic (exact) mass is 321 g/mol. The van der Waals surface area contributed by atoms with Gasteiger partial charge < -0.3 is 16.0 Å². The molecule has 0 spiro atoms. The molecular formula is C14H23N7O2. The first-order chi connectivity index (χ1) is 11.2. The maximum absolute atomic E-state index is 11.5. The Hall–Kier alpha value is -2.58. The Bertz CT molecular complexity index is 525. The summed E-state index contributed by atoms with van der Waals surface area (Å²) in [4.78, 5) is 28.6. The lowest BCUT2D eigenvalue weighted by atomic mass is 10.4. The van der Waals surface area contributed by atoms with E-state index in [-0.39, 0.29) is 18.5 Å². The number of nitrogens with one attached hydrogen (secondary N) is 3. The average molecular weight is 321 g/mol. The molecule has 1 fully saturated rings. The van der Waals surface area contributed by atoms with Crippen molar-refractivity contribution in [2.45, 2.75) is 19.9 Å². The molecule has 0 atom stereocenters. The number of aryl methyl sites for hydroxylation is 1. The van der Waals surface area contributed by atoms with E-state index in [1.807, 2.05) is 23.9 Å². The van der Waals surface area contributed by atoms with E-state index in [1.165, 1.54) is 4.90 Å². The lowest BCUT2D eigenvalue weighted by molar-refractivity contribution is -0.124. The van der Waals surface area contributed by atoms with Crippen LogP contribution in [0, 0.1) is 0 Å². The second kappa shape index (κ2) is 8.76. The molecule has 126 valence electrons. The molecule has 9 heteroatoms. The van der Waals surface area contributed by atoms with Crippen LogP contribution in [-0.2, 0) is 11.3 Å². The number of aromatic nitrogens is 2. The fourth-order valence-corrected chi connectivity index (χ4v) is 2.17. The van der Waals surface area contributed by atoms with E-state index in [2.05, 4.69) is 26.0 Å². The molecule has 2 rings (SSSR count). The third-order valence-corrected chi connectivity index (χ3v) is 3.28. The van der Waals surface area contributed by atoms with E-state index in [0.717, 1.165) is 19.5 Å². The normalized spacial score (nSPS) is 15.0. The summed E-state index contributed by atoms with van der Waals surface area (Å²) < 4.78 is 1.87. The summed E-state index contributed by atoms with van der Waals surface area (Å²) in [6, 6.07) is 1.56. The van der Waals surface area contributed by atoms with Crippen molar-refractivity contribution < 1.29 is 9.59 Å². The summed E-state index contributed by atoms with van der Waals surface area (Å²) in [7, 11) is 0. The molecule has 1 aliphatic rings. The largest absolute Gasteiger partial charge is 0.357 e. The molecule has 23 heavy (non-hydrogen) atoms. The molecule has 0 saturated carbocycles. The Labute approximate surface area is 135 Å². The third kappa shape index (κ3) is 5.28. The van der Waals surface area contributed by atoms with Gasteiger partial charge in [-0.05, 0) is 19.4 Å². The first kappa shape index (κ1) is 16.8. The van der Waals surface area contributed by atoms with Gasteiger partial charge in [0.25, 0.3) is 0 Å². The van der Waals surface area contributed by atoms with E-state index < -0.39 is 0 Å². The highest BCUT2D eigenvalue weighted by molar-refractivity contribution is 6.01. The Morgan fingerprint density at radius 1 is 1.39 bits per heavy atom. The number of imide groups is 1. The molecule has 0 bridgehead atoms. The van der Waals surface area contributed by atoms with Gasteiger partial charge in [-0.15, -0.1) is 0 Å². The fraction of sp³-hybridized carbons (Fsp3) is 0.571. The summed E-state index contributed by atoms with van der Waals surface area (Å²) >= 11 is 0. The zero-order valence-electron chi connectivity index (χ0n) is 13.3. The van der Waals surface area contributed by atoms with E-state index in [1.54, 1.807) is 6.20 Å². The van der Waals surface area contributed by atoms with Crippen molar-refractivity contribution in [1.29, 1.82) is 0 Å². The van der Waals surface area contributed by atoms with Gasteiger partial charge in [-0.1, -0.05) is 0 Å². The number of hydrogen-bond donors (Lipinski definition) is 3. The molecule has 3 N–H and O–H groups in total. The quantitative estimate of drug-likeness (QED) is 0.256. The number of guanidine groups is 1. The van der Waals surface area contributed by atoms with Crippen molar-refractivity contribution in [1.82, 2.24) is 30.6 Å². The van der Waals surface area contributed by atoms with Crippen molar-refractivity contribution in [3.8, 4) is 0 Å². The number of carbonyl (C=O) groups excluding carboxylic acids is 2. The van der Waals surface area contributed by atoms with Crippen LogP contribution < -0.4 is 16.0 Å². The van der Waals surface area contributed by atoms with Gasteiger partial charge in [-0.25, -0.2) is 4.79 Å². The van der Waals surface area contributed by atoms with Crippen molar-refractivity contribution in [3.63, 3.8) is 0 Å². The number of urea groups is 1. The molecule has 1 aliphatic heterocycles. The zero-order valence-corrected chi connectivity index (χ0v) is 13.3. The van der Waals surface area contributed by atoms with E-state index in [9.17, 15) is 9.59 Å². The molecule has 0 aliphatic carbocycles. The van der Waals surface area contributed by atoms with Gasteiger partial charge in [0.1, 0.15) is 0 Å². The lowest BCUT2D eigenvalue weighted by Gasteiger charge is -2.15. The number of carbonyl (C=O) groups is 2. The van der Waals surface area contributed by atoms with Crippen LogP contribution in [0.3, 0.4) is 0 Å². The minimum absolute atomic E-state index is 0.0837. The lowest BCUT2D eigenvalue weighted by Crippen LogP contribution is -2.43. The molecule has 1 aromatic rings. The van der Waals surface area contributed by atoms with Gasteiger partial charge >= 0.3 is 6.03 Å². The summed E-state index contributed by atoms with van der Waals surface area (Å²) in [6.07, 6.45) is 4.56. The van der Waals surface area contributed by atoms with Gasteiger partial charge in [0.05, 0.1) is 6.54 Å². The summed E-state index contributed by atoms with van der Waals surface area (Å²) in [5.74, 6) is 0.484. The van der Waals surface area contributed by atoms with Crippen LogP contribution in [0.1, 0.15) is 13.3 Å². The molecule has 0 unspecified atom stereocenters. The molecule has 1 saturated heterocycles. The van der Waals surface area contributed by atoms with Crippen LogP contribution in [0.4, 0.5) is 4.79 Å². The average Bonchev–Trinajstić information content (AvgIpc) is 3.16. The smallest absolute Gasteiger partial charge is 0.324 e. The van der Waals surface area contributed by atoms with Crippen molar-refractivity contribution in [3.05, 3.63) is 18.5 Å². The predicted octanol–water partition coefficient (Wildman–Crippen LogP) is -0.620. The van der Waals surface area contributed by atoms with Crippen LogP contribution in [0.2, 0.25) is 0 Å². The second-order valence-electron chi connectivity index (χ2n) is 5.01. The maximum Gasteiger partial charge on any atom is 0.324 e. The number of aliphatic imine (C=N–C) groups is 1. The van der Waals surface area contributed by atoms with Gasteiger partial charge in [-0.3, -0.25) is 19.4 Å². The minimum Gasteiger partial charge on any atom is -0.357 e. The van der Waals surface area contributed by atoms with Crippen LogP contribution in [0.15, 0.2) is 23.5 Å². The first-order valence-corrected chi connectivity index (χ1v) is 7.78. The topological polar surface area (TPSA) is 104 Å². The number of nitrogens with zero attached hydrogens (tertiary/aromatic N) is 4. The van der Waals surface area contributed by atoms with E-state index in [4.69, 9.17) is 0 Å². The van der Waals surface area contributed by atoms with Crippen LogP contribution in [-0.4, -0.2) is 65.3 Å². The van der Waals surface area contributed by atoms with Gasteiger partial charge in [0.2, 0.25) is 5.91 Å². The Balaban J connectivity index is 1.70. The van der Waals surface area contributed by atoms with Crippen LogP contribution in [0.5, 0.6) is 0 Å². The van der Waals surface area contributed by atoms with Crippen molar-refractivity contribution in [2.24, 2.45) is 4.99 Å². The van der Waals surface area contributed by atoms with Gasteiger partial charge in [0, 0.05) is 45.1 Å². The Morgan fingerprint density at radius 2 is 2.26 bits per heavy atom. The molecule has 0 aromatic carbocycles. The van der Waals surface area contributed by atoms with Crippen molar-refractivity contribution >= 4 is 17.9 Å². The summed E-state index contributed by atoms with van der Waals surface area (Å²) in [5.41, 5.74) is 0. The maximum atomic E-state index is 11.5. The van der Waals surface area contributed by atoms with Gasteiger partial charge in [0.15, 0.2) is 5.96 Å². The third-order valence-electron chi connectivity index (χ3n) is 3.28. The van der Waals surface area contributed by atoms with Crippen molar-refractivity contribution in [2.75, 3.05) is 32.7 Å².